The van der Waals surface area contributed by atoms with Gasteiger partial charge in [0.2, 0.25) is 5.43 Å². The van der Waals surface area contributed by atoms with Crippen molar-refractivity contribution >= 4 is 44.4 Å². The van der Waals surface area contributed by atoms with E-state index in [0.29, 0.717) is 54.6 Å². The van der Waals surface area contributed by atoms with Gasteiger partial charge in [-0.05, 0) is 6.07 Å². The van der Waals surface area contributed by atoms with Crippen molar-refractivity contribution in [3.8, 4) is 0 Å². The molecule has 1 fully saturated rings. The molecule has 140 valence electrons. The zero-order chi connectivity index (χ0) is 18.9. The minimum atomic E-state index is -1.29. The van der Waals surface area contributed by atoms with Crippen LogP contribution in [0.5, 0.6) is 0 Å². The molecule has 0 saturated carbocycles. The van der Waals surface area contributed by atoms with E-state index in [-0.39, 0.29) is 10.9 Å². The van der Waals surface area contributed by atoms with E-state index in [1.165, 1.54) is 17.4 Å². The number of pyridine rings is 1. The number of hydrogen-bond donors (Lipinski definition) is 1. The molecule has 0 atom stereocenters. The molecule has 2 aromatic heterocycles. The van der Waals surface area contributed by atoms with Crippen LogP contribution in [0.4, 0.5) is 15.8 Å². The number of halogens is 1. The van der Waals surface area contributed by atoms with Crippen LogP contribution < -0.4 is 15.2 Å². The fourth-order valence-corrected chi connectivity index (χ4v) is 5.13. The van der Waals surface area contributed by atoms with Crippen LogP contribution in [0.2, 0.25) is 0 Å². The van der Waals surface area contributed by atoms with Crippen LogP contribution in [0, 0.1) is 5.82 Å². The lowest BCUT2D eigenvalue weighted by molar-refractivity contribution is 0.0697. The molecule has 3 aromatic rings. The molecular formula is C18H16FN3O4S. The van der Waals surface area contributed by atoms with Crippen molar-refractivity contribution in [1.29, 1.82) is 0 Å². The first kappa shape index (κ1) is 16.5. The molecule has 0 bridgehead atoms. The first-order chi connectivity index (χ1) is 13.0. The molecule has 9 heteroatoms. The summed E-state index contributed by atoms with van der Waals surface area (Å²) in [4.78, 5) is 28.9. The summed E-state index contributed by atoms with van der Waals surface area (Å²) in [6, 6.07) is 1.19. The molecule has 1 aromatic carbocycles. The van der Waals surface area contributed by atoms with Crippen LogP contribution in [-0.4, -0.2) is 48.8 Å². The zero-order valence-corrected chi connectivity index (χ0v) is 15.3. The average molecular weight is 389 g/mol. The van der Waals surface area contributed by atoms with E-state index >= 15 is 4.39 Å². The summed E-state index contributed by atoms with van der Waals surface area (Å²) < 4.78 is 22.4. The molecule has 2 aliphatic rings. The zero-order valence-electron chi connectivity index (χ0n) is 14.5. The normalized spacial score (nSPS) is 16.7. The maximum atomic E-state index is 15.2. The van der Waals surface area contributed by atoms with Crippen LogP contribution in [-0.2, 0) is 11.3 Å². The van der Waals surface area contributed by atoms with Gasteiger partial charge in [0.15, 0.2) is 0 Å². The first-order valence-corrected chi connectivity index (χ1v) is 9.45. The molecule has 0 unspecified atom stereocenters. The van der Waals surface area contributed by atoms with E-state index in [2.05, 4.69) is 0 Å². The van der Waals surface area contributed by atoms with Crippen molar-refractivity contribution in [3.05, 3.63) is 38.7 Å². The molecule has 2 aliphatic heterocycles. The molecule has 7 nitrogen and oxygen atoms in total. The molecule has 1 N–H and O–H groups in total. The van der Waals surface area contributed by atoms with Gasteiger partial charge in [-0.25, -0.2) is 9.18 Å². The molecule has 4 heterocycles. The van der Waals surface area contributed by atoms with Gasteiger partial charge in [-0.3, -0.25) is 9.20 Å². The maximum Gasteiger partial charge on any atom is 0.342 e. The molecule has 0 spiro atoms. The van der Waals surface area contributed by atoms with Gasteiger partial charge in [-0.1, -0.05) is 0 Å². The lowest BCUT2D eigenvalue weighted by Gasteiger charge is -2.36. The van der Waals surface area contributed by atoms with E-state index < -0.39 is 17.2 Å². The summed E-state index contributed by atoms with van der Waals surface area (Å²) in [6.45, 7) is 2.65. The van der Waals surface area contributed by atoms with E-state index in [0.717, 1.165) is 5.69 Å². The fraction of sp³-hybridized carbons (Fsp3) is 0.333. The summed E-state index contributed by atoms with van der Waals surface area (Å²) in [5.41, 5.74) is 1.59. The number of aromatic carboxylic acids is 1. The Balaban J connectivity index is 1.97. The van der Waals surface area contributed by atoms with Gasteiger partial charge in [0, 0.05) is 25.5 Å². The molecule has 5 rings (SSSR count). The number of rotatable bonds is 2. The number of ether oxygens (including phenoxy) is 1. The van der Waals surface area contributed by atoms with Gasteiger partial charge < -0.3 is 19.6 Å². The van der Waals surface area contributed by atoms with E-state index in [9.17, 15) is 14.7 Å². The van der Waals surface area contributed by atoms with Crippen LogP contribution in [0.15, 0.2) is 16.2 Å². The second-order valence-electron chi connectivity index (χ2n) is 6.78. The molecular weight excluding hydrogens is 373 g/mol. The van der Waals surface area contributed by atoms with Gasteiger partial charge in [0.1, 0.15) is 16.2 Å². The Morgan fingerprint density at radius 1 is 1.30 bits per heavy atom. The van der Waals surface area contributed by atoms with Crippen LogP contribution in [0.25, 0.3) is 15.7 Å². The average Bonchev–Trinajstić information content (AvgIpc) is 3.05. The third-order valence-electron chi connectivity index (χ3n) is 5.23. The van der Waals surface area contributed by atoms with Gasteiger partial charge in [-0.15, -0.1) is 11.3 Å². The Labute approximate surface area is 156 Å². The maximum absolute atomic E-state index is 15.2. The van der Waals surface area contributed by atoms with Crippen molar-refractivity contribution in [2.45, 2.75) is 6.54 Å². The third-order valence-corrected chi connectivity index (χ3v) is 6.23. The lowest BCUT2D eigenvalue weighted by Crippen LogP contribution is -2.38. The number of carboxylic acid groups (broad SMARTS) is 1. The summed E-state index contributed by atoms with van der Waals surface area (Å²) >= 11 is 1.23. The first-order valence-electron chi connectivity index (χ1n) is 8.57. The van der Waals surface area contributed by atoms with Crippen molar-refractivity contribution in [1.82, 2.24) is 4.40 Å². The number of nitrogens with zero attached hydrogens (tertiary/aromatic N) is 3. The monoisotopic (exact) mass is 389 g/mol. The number of carbonyl (C=O) groups is 1. The Morgan fingerprint density at radius 2 is 2.04 bits per heavy atom. The van der Waals surface area contributed by atoms with E-state index in [1.54, 1.807) is 0 Å². The summed E-state index contributed by atoms with van der Waals surface area (Å²) in [7, 11) is 1.86. The highest BCUT2D eigenvalue weighted by molar-refractivity contribution is 7.16. The topological polar surface area (TPSA) is 74.5 Å². The van der Waals surface area contributed by atoms with Crippen molar-refractivity contribution in [3.63, 3.8) is 0 Å². The summed E-state index contributed by atoms with van der Waals surface area (Å²) in [5, 5.41) is 11.5. The number of benzene rings is 1. The second-order valence-corrected chi connectivity index (χ2v) is 7.64. The molecule has 27 heavy (non-hydrogen) atoms. The molecule has 1 saturated heterocycles. The minimum Gasteiger partial charge on any atom is -0.477 e. The van der Waals surface area contributed by atoms with Gasteiger partial charge in [0.25, 0.3) is 0 Å². The Morgan fingerprint density at radius 3 is 2.74 bits per heavy atom. The third kappa shape index (κ3) is 2.15. The number of aromatic nitrogens is 1. The molecule has 0 radical (unpaired) electrons. The number of hydrogen-bond acceptors (Lipinski definition) is 6. The van der Waals surface area contributed by atoms with Crippen molar-refractivity contribution < 1.29 is 19.0 Å². The van der Waals surface area contributed by atoms with E-state index in [1.807, 2.05) is 26.6 Å². The second kappa shape index (κ2) is 5.67. The van der Waals surface area contributed by atoms with Crippen LogP contribution >= 0.6 is 11.3 Å². The Bertz CT molecular complexity index is 1180. The number of thiazole rings is 1. The summed E-state index contributed by atoms with van der Waals surface area (Å²) in [5.74, 6) is -1.81. The fourth-order valence-electron chi connectivity index (χ4n) is 4.09. The highest BCUT2D eigenvalue weighted by atomic mass is 32.1. The smallest absolute Gasteiger partial charge is 0.342 e. The highest BCUT2D eigenvalue weighted by Crippen LogP contribution is 2.43. The summed E-state index contributed by atoms with van der Waals surface area (Å²) in [6.07, 6.45) is 0. The van der Waals surface area contributed by atoms with Crippen LogP contribution in [0.1, 0.15) is 16.1 Å². The molecule has 0 amide bonds. The predicted octanol–water partition coefficient (Wildman–Crippen LogP) is 2.14. The quantitative estimate of drug-likeness (QED) is 0.724. The molecule has 0 aliphatic carbocycles. The SMILES string of the molecule is CN1Cc2csc3c(C(=O)O)c(=O)c4cc(F)c(N5CCOCC5)c1c4n23. The Hall–Kier alpha value is -2.65. The van der Waals surface area contributed by atoms with Gasteiger partial charge >= 0.3 is 5.97 Å². The van der Waals surface area contributed by atoms with Crippen molar-refractivity contribution in [2.75, 3.05) is 43.2 Å². The number of anilines is 2. The predicted molar refractivity (Wildman–Crippen MR) is 101 cm³/mol. The lowest BCUT2D eigenvalue weighted by atomic mass is 10.0. The number of carboxylic acids is 1. The van der Waals surface area contributed by atoms with Gasteiger partial charge in [0.05, 0.1) is 47.7 Å². The van der Waals surface area contributed by atoms with Crippen LogP contribution in [0.3, 0.4) is 0 Å². The van der Waals surface area contributed by atoms with Gasteiger partial charge in [-0.2, -0.15) is 0 Å². The van der Waals surface area contributed by atoms with E-state index in [4.69, 9.17) is 4.74 Å². The standard InChI is InChI=1S/C18H16FN3O4S/c1-20-7-9-8-27-17-12(18(24)25)16(23)10-6-11(19)14(15(20)13(10)22(9)17)21-2-4-26-5-3-21/h6,8H,2-5,7H2,1H3,(H,24,25). The highest BCUT2D eigenvalue weighted by Gasteiger charge is 2.32. The minimum absolute atomic E-state index is 0.0978. The number of morpholine rings is 1. The van der Waals surface area contributed by atoms with Crippen molar-refractivity contribution in [2.24, 2.45) is 0 Å². The largest absolute Gasteiger partial charge is 0.477 e. The Kier molecular flexibility index (Phi) is 3.47.